The molecule has 7 nitrogen and oxygen atoms in total. The third-order valence-electron chi connectivity index (χ3n) is 5.86. The molecule has 2 heterocycles. The standard InChI is InChI=1S/C21H33FN4O3/c1-23-20(25-15-21(5-9-27)6-10-29-16-21)24-14-19(26-7-11-28-12-8-26)17-3-2-4-18(22)13-17/h2-4,13,19,27H,5-12,14-16H2,1H3,(H2,23,24,25). The van der Waals surface area contributed by atoms with Gasteiger partial charge in [0.1, 0.15) is 5.82 Å². The highest BCUT2D eigenvalue weighted by molar-refractivity contribution is 5.79. The molecular weight excluding hydrogens is 375 g/mol. The number of nitrogens with one attached hydrogen (secondary N) is 2. The number of benzene rings is 1. The van der Waals surface area contributed by atoms with Crippen molar-refractivity contribution in [1.29, 1.82) is 0 Å². The Morgan fingerprint density at radius 1 is 1.28 bits per heavy atom. The van der Waals surface area contributed by atoms with Gasteiger partial charge in [0.25, 0.3) is 0 Å². The molecule has 8 heteroatoms. The molecule has 3 rings (SSSR count). The van der Waals surface area contributed by atoms with Gasteiger partial charge in [-0.25, -0.2) is 4.39 Å². The average Bonchev–Trinajstić information content (AvgIpc) is 3.20. The number of aliphatic hydroxyl groups is 1. The first-order valence-electron chi connectivity index (χ1n) is 10.4. The fourth-order valence-corrected chi connectivity index (χ4v) is 4.06. The molecule has 0 spiro atoms. The van der Waals surface area contributed by atoms with E-state index in [0.29, 0.717) is 45.3 Å². The van der Waals surface area contributed by atoms with Gasteiger partial charge in [0.2, 0.25) is 0 Å². The molecule has 0 aliphatic carbocycles. The molecule has 1 aromatic rings. The molecule has 2 atom stereocenters. The molecule has 3 N–H and O–H groups in total. The Morgan fingerprint density at radius 3 is 2.76 bits per heavy atom. The predicted molar refractivity (Wildman–Crippen MR) is 110 cm³/mol. The molecule has 2 aliphatic rings. The highest BCUT2D eigenvalue weighted by atomic mass is 19.1. The summed E-state index contributed by atoms with van der Waals surface area (Å²) in [6.45, 7) is 5.81. The van der Waals surface area contributed by atoms with Crippen LogP contribution >= 0.6 is 0 Å². The molecule has 2 saturated heterocycles. The van der Waals surface area contributed by atoms with Crippen LogP contribution in [0, 0.1) is 11.2 Å². The summed E-state index contributed by atoms with van der Waals surface area (Å²) in [7, 11) is 1.74. The Balaban J connectivity index is 1.62. The Labute approximate surface area is 172 Å². The fraction of sp³-hybridized carbons (Fsp3) is 0.667. The zero-order chi connectivity index (χ0) is 20.5. The van der Waals surface area contributed by atoms with Gasteiger partial charge in [-0.1, -0.05) is 12.1 Å². The van der Waals surface area contributed by atoms with Gasteiger partial charge in [-0.2, -0.15) is 0 Å². The average molecular weight is 409 g/mol. The van der Waals surface area contributed by atoms with Gasteiger partial charge >= 0.3 is 0 Å². The van der Waals surface area contributed by atoms with E-state index in [1.807, 2.05) is 6.07 Å². The zero-order valence-corrected chi connectivity index (χ0v) is 17.2. The van der Waals surface area contributed by atoms with Crippen LogP contribution in [0.2, 0.25) is 0 Å². The first-order valence-corrected chi connectivity index (χ1v) is 10.4. The van der Waals surface area contributed by atoms with Gasteiger partial charge < -0.3 is 25.2 Å². The Kier molecular flexibility index (Phi) is 8.23. The number of halogens is 1. The summed E-state index contributed by atoms with van der Waals surface area (Å²) in [5, 5.41) is 16.2. The molecule has 162 valence electrons. The monoisotopic (exact) mass is 408 g/mol. The van der Waals surface area contributed by atoms with E-state index in [9.17, 15) is 9.50 Å². The Hall–Kier alpha value is -1.74. The van der Waals surface area contributed by atoms with Gasteiger partial charge in [0.15, 0.2) is 5.96 Å². The summed E-state index contributed by atoms with van der Waals surface area (Å²) in [5.41, 5.74) is 0.884. The van der Waals surface area contributed by atoms with E-state index in [0.717, 1.165) is 31.7 Å². The maximum Gasteiger partial charge on any atom is 0.191 e. The second-order valence-corrected chi connectivity index (χ2v) is 7.80. The maximum atomic E-state index is 13.8. The van der Waals surface area contributed by atoms with E-state index in [1.165, 1.54) is 6.07 Å². The minimum Gasteiger partial charge on any atom is -0.396 e. The molecule has 0 radical (unpaired) electrons. The highest BCUT2D eigenvalue weighted by Crippen LogP contribution is 2.31. The van der Waals surface area contributed by atoms with Crippen molar-refractivity contribution in [3.05, 3.63) is 35.6 Å². The fourth-order valence-electron chi connectivity index (χ4n) is 4.06. The normalized spacial score (nSPS) is 24.4. The molecule has 0 saturated carbocycles. The van der Waals surface area contributed by atoms with Crippen LogP contribution in [0.15, 0.2) is 29.3 Å². The smallest absolute Gasteiger partial charge is 0.191 e. The second kappa shape index (κ2) is 10.9. The van der Waals surface area contributed by atoms with Crippen LogP contribution in [0.3, 0.4) is 0 Å². The largest absolute Gasteiger partial charge is 0.396 e. The third-order valence-corrected chi connectivity index (χ3v) is 5.86. The lowest BCUT2D eigenvalue weighted by molar-refractivity contribution is 0.0169. The number of nitrogens with zero attached hydrogens (tertiary/aromatic N) is 2. The topological polar surface area (TPSA) is 78.4 Å². The van der Waals surface area contributed by atoms with Crippen molar-refractivity contribution in [1.82, 2.24) is 15.5 Å². The maximum absolute atomic E-state index is 13.8. The molecule has 0 bridgehead atoms. The lowest BCUT2D eigenvalue weighted by Gasteiger charge is -2.35. The van der Waals surface area contributed by atoms with E-state index in [-0.39, 0.29) is 23.9 Å². The number of morpholine rings is 1. The second-order valence-electron chi connectivity index (χ2n) is 7.80. The Morgan fingerprint density at radius 2 is 2.10 bits per heavy atom. The van der Waals surface area contributed by atoms with Crippen molar-refractivity contribution in [2.24, 2.45) is 10.4 Å². The summed E-state index contributed by atoms with van der Waals surface area (Å²) >= 11 is 0. The molecule has 2 aliphatic heterocycles. The van der Waals surface area contributed by atoms with Crippen LogP contribution < -0.4 is 10.6 Å². The number of hydrogen-bond acceptors (Lipinski definition) is 5. The molecule has 0 amide bonds. The molecular formula is C21H33FN4O3. The van der Waals surface area contributed by atoms with Crippen molar-refractivity contribution in [3.63, 3.8) is 0 Å². The van der Waals surface area contributed by atoms with E-state index < -0.39 is 0 Å². The lowest BCUT2D eigenvalue weighted by Crippen LogP contribution is -2.48. The number of rotatable bonds is 8. The van der Waals surface area contributed by atoms with Crippen LogP contribution in [0.1, 0.15) is 24.4 Å². The summed E-state index contributed by atoms with van der Waals surface area (Å²) in [4.78, 5) is 6.66. The number of ether oxygens (including phenoxy) is 2. The Bertz CT molecular complexity index is 661. The lowest BCUT2D eigenvalue weighted by atomic mass is 9.84. The van der Waals surface area contributed by atoms with Crippen molar-refractivity contribution in [3.8, 4) is 0 Å². The van der Waals surface area contributed by atoms with Crippen molar-refractivity contribution in [2.45, 2.75) is 18.9 Å². The van der Waals surface area contributed by atoms with E-state index >= 15 is 0 Å². The van der Waals surface area contributed by atoms with Crippen LogP contribution in [0.25, 0.3) is 0 Å². The number of aliphatic imine (C=N–C) groups is 1. The summed E-state index contributed by atoms with van der Waals surface area (Å²) in [5.74, 6) is 0.472. The van der Waals surface area contributed by atoms with Crippen molar-refractivity contribution < 1.29 is 19.0 Å². The van der Waals surface area contributed by atoms with Crippen LogP contribution in [0.4, 0.5) is 4.39 Å². The number of hydrogen-bond donors (Lipinski definition) is 3. The third kappa shape index (κ3) is 6.12. The summed E-state index contributed by atoms with van der Waals surface area (Å²) in [6.07, 6.45) is 1.63. The molecule has 2 fully saturated rings. The quantitative estimate of drug-likeness (QED) is 0.443. The van der Waals surface area contributed by atoms with Gasteiger partial charge in [0.05, 0.1) is 25.9 Å². The number of aliphatic hydroxyl groups excluding tert-OH is 1. The summed E-state index contributed by atoms with van der Waals surface area (Å²) < 4.78 is 24.9. The van der Waals surface area contributed by atoms with Gasteiger partial charge in [-0.3, -0.25) is 9.89 Å². The zero-order valence-electron chi connectivity index (χ0n) is 17.2. The van der Waals surface area contributed by atoms with Crippen LogP contribution in [-0.2, 0) is 9.47 Å². The van der Waals surface area contributed by atoms with Crippen molar-refractivity contribution in [2.75, 3.05) is 66.3 Å². The van der Waals surface area contributed by atoms with Crippen LogP contribution in [0.5, 0.6) is 0 Å². The minimum atomic E-state index is -0.226. The molecule has 1 aromatic carbocycles. The minimum absolute atomic E-state index is 0.0226. The van der Waals surface area contributed by atoms with Crippen molar-refractivity contribution >= 4 is 5.96 Å². The molecule has 2 unspecified atom stereocenters. The van der Waals surface area contributed by atoms with Gasteiger partial charge in [-0.05, 0) is 30.5 Å². The highest BCUT2D eigenvalue weighted by Gasteiger charge is 2.34. The SMILES string of the molecule is CN=C(NCC(c1cccc(F)c1)N1CCOCC1)NCC1(CCO)CCOC1. The van der Waals surface area contributed by atoms with Gasteiger partial charge in [-0.15, -0.1) is 0 Å². The van der Waals surface area contributed by atoms with Gasteiger partial charge in [0, 0.05) is 51.9 Å². The predicted octanol–water partition coefficient (Wildman–Crippen LogP) is 1.15. The van der Waals surface area contributed by atoms with E-state index in [4.69, 9.17) is 9.47 Å². The molecule has 0 aromatic heterocycles. The first kappa shape index (κ1) is 22.0. The summed E-state index contributed by atoms with van der Waals surface area (Å²) in [6, 6.07) is 6.81. The number of guanidine groups is 1. The van der Waals surface area contributed by atoms with E-state index in [1.54, 1.807) is 19.2 Å². The molecule has 29 heavy (non-hydrogen) atoms. The van der Waals surface area contributed by atoms with E-state index in [2.05, 4.69) is 20.5 Å². The van der Waals surface area contributed by atoms with Crippen LogP contribution in [-0.4, -0.2) is 82.2 Å². The first-order chi connectivity index (χ1) is 14.2.